The predicted molar refractivity (Wildman–Crippen MR) is 69.0 cm³/mol. The van der Waals surface area contributed by atoms with Crippen LogP contribution in [0.4, 0.5) is 0 Å². The van der Waals surface area contributed by atoms with Crippen molar-refractivity contribution < 1.29 is 9.53 Å². The third-order valence-electron chi connectivity index (χ3n) is 3.49. The second kappa shape index (κ2) is 6.97. The van der Waals surface area contributed by atoms with Gasteiger partial charge in [-0.1, -0.05) is 20.3 Å². The summed E-state index contributed by atoms with van der Waals surface area (Å²) in [6.07, 6.45) is 3.12. The van der Waals surface area contributed by atoms with Crippen LogP contribution in [0, 0.1) is 0 Å². The van der Waals surface area contributed by atoms with E-state index in [0.29, 0.717) is 6.54 Å². The van der Waals surface area contributed by atoms with Gasteiger partial charge in [0.15, 0.2) is 0 Å². The van der Waals surface area contributed by atoms with Crippen LogP contribution in [0.5, 0.6) is 0 Å². The van der Waals surface area contributed by atoms with E-state index in [4.69, 9.17) is 4.74 Å². The number of nitrogens with zero attached hydrogens (tertiary/aromatic N) is 1. The van der Waals surface area contributed by atoms with E-state index in [0.717, 1.165) is 45.6 Å². The maximum absolute atomic E-state index is 12.0. The molecule has 1 heterocycles. The number of morpholine rings is 1. The first-order valence-corrected chi connectivity index (χ1v) is 6.71. The fourth-order valence-electron chi connectivity index (χ4n) is 2.22. The number of carbonyl (C=O) groups is 1. The number of rotatable bonds is 6. The van der Waals surface area contributed by atoms with Crippen molar-refractivity contribution in [1.82, 2.24) is 10.2 Å². The Balaban J connectivity index is 2.36. The van der Waals surface area contributed by atoms with Gasteiger partial charge in [0.1, 0.15) is 0 Å². The van der Waals surface area contributed by atoms with Gasteiger partial charge in [-0.05, 0) is 19.8 Å². The van der Waals surface area contributed by atoms with Crippen molar-refractivity contribution in [2.75, 3.05) is 32.8 Å². The van der Waals surface area contributed by atoms with E-state index >= 15 is 0 Å². The number of carbonyl (C=O) groups excluding carboxylic acids is 1. The highest BCUT2D eigenvalue weighted by atomic mass is 16.5. The SMILES string of the molecule is CCCC(C)(CC)NC(=O)CN1CCOCC1. The molecule has 0 aliphatic carbocycles. The lowest BCUT2D eigenvalue weighted by atomic mass is 9.93. The summed E-state index contributed by atoms with van der Waals surface area (Å²) >= 11 is 0. The molecular formula is C13H26N2O2. The molecule has 17 heavy (non-hydrogen) atoms. The molecule has 1 aliphatic heterocycles. The van der Waals surface area contributed by atoms with Crippen molar-refractivity contribution in [2.45, 2.75) is 45.6 Å². The van der Waals surface area contributed by atoms with E-state index in [1.165, 1.54) is 0 Å². The van der Waals surface area contributed by atoms with Crippen molar-refractivity contribution in [2.24, 2.45) is 0 Å². The fourth-order valence-corrected chi connectivity index (χ4v) is 2.22. The summed E-state index contributed by atoms with van der Waals surface area (Å²) in [5.41, 5.74) is -0.0435. The molecule has 4 nitrogen and oxygen atoms in total. The molecule has 1 rings (SSSR count). The molecule has 0 aromatic rings. The molecule has 1 fully saturated rings. The second-order valence-electron chi connectivity index (χ2n) is 5.10. The van der Waals surface area contributed by atoms with Crippen LogP contribution in [0.2, 0.25) is 0 Å². The summed E-state index contributed by atoms with van der Waals surface area (Å²) in [5, 5.41) is 3.17. The number of hydrogen-bond acceptors (Lipinski definition) is 3. The normalized spacial score (nSPS) is 20.9. The maximum atomic E-state index is 12.0. The van der Waals surface area contributed by atoms with E-state index in [9.17, 15) is 4.79 Å². The molecule has 1 saturated heterocycles. The number of amides is 1. The van der Waals surface area contributed by atoms with Crippen LogP contribution in [0.3, 0.4) is 0 Å². The van der Waals surface area contributed by atoms with Crippen molar-refractivity contribution in [3.05, 3.63) is 0 Å². The van der Waals surface area contributed by atoms with Crippen LogP contribution < -0.4 is 5.32 Å². The molecule has 1 atom stereocenters. The zero-order valence-electron chi connectivity index (χ0n) is 11.4. The van der Waals surface area contributed by atoms with Gasteiger partial charge in [0, 0.05) is 18.6 Å². The Morgan fingerprint density at radius 3 is 2.53 bits per heavy atom. The molecular weight excluding hydrogens is 216 g/mol. The van der Waals surface area contributed by atoms with Gasteiger partial charge >= 0.3 is 0 Å². The quantitative estimate of drug-likeness (QED) is 0.765. The average molecular weight is 242 g/mol. The van der Waals surface area contributed by atoms with Gasteiger partial charge in [-0.3, -0.25) is 9.69 Å². The third-order valence-corrected chi connectivity index (χ3v) is 3.49. The Morgan fingerprint density at radius 1 is 1.35 bits per heavy atom. The second-order valence-corrected chi connectivity index (χ2v) is 5.10. The summed E-state index contributed by atoms with van der Waals surface area (Å²) in [6, 6.07) is 0. The largest absolute Gasteiger partial charge is 0.379 e. The smallest absolute Gasteiger partial charge is 0.234 e. The Hall–Kier alpha value is -0.610. The van der Waals surface area contributed by atoms with E-state index in [-0.39, 0.29) is 11.4 Å². The Kier molecular flexibility index (Phi) is 5.92. The number of hydrogen-bond donors (Lipinski definition) is 1. The van der Waals surface area contributed by atoms with Gasteiger partial charge in [0.2, 0.25) is 5.91 Å². The van der Waals surface area contributed by atoms with Gasteiger partial charge < -0.3 is 10.1 Å². The first-order chi connectivity index (χ1) is 8.09. The third kappa shape index (κ3) is 5.04. The van der Waals surface area contributed by atoms with Crippen LogP contribution in [0.1, 0.15) is 40.0 Å². The summed E-state index contributed by atoms with van der Waals surface area (Å²) in [7, 11) is 0. The summed E-state index contributed by atoms with van der Waals surface area (Å²) in [4.78, 5) is 14.1. The van der Waals surface area contributed by atoms with Gasteiger partial charge in [0.05, 0.1) is 19.8 Å². The van der Waals surface area contributed by atoms with Gasteiger partial charge in [-0.2, -0.15) is 0 Å². The van der Waals surface area contributed by atoms with Crippen LogP contribution in [-0.2, 0) is 9.53 Å². The molecule has 0 bridgehead atoms. The summed E-state index contributed by atoms with van der Waals surface area (Å²) < 4.78 is 5.27. The van der Waals surface area contributed by atoms with Crippen molar-refractivity contribution in [3.63, 3.8) is 0 Å². The van der Waals surface area contributed by atoms with Gasteiger partial charge in [-0.15, -0.1) is 0 Å². The summed E-state index contributed by atoms with van der Waals surface area (Å²) in [6.45, 7) is 10.1. The van der Waals surface area contributed by atoms with Crippen LogP contribution in [-0.4, -0.2) is 49.2 Å². The Bertz CT molecular complexity index is 240. The lowest BCUT2D eigenvalue weighted by Gasteiger charge is -2.32. The molecule has 0 spiro atoms. The standard InChI is InChI=1S/C13H26N2O2/c1-4-6-13(3,5-2)14-12(16)11-15-7-9-17-10-8-15/h4-11H2,1-3H3,(H,14,16). The molecule has 0 aromatic heterocycles. The first-order valence-electron chi connectivity index (χ1n) is 6.71. The van der Waals surface area contributed by atoms with Crippen molar-refractivity contribution >= 4 is 5.91 Å². The first kappa shape index (κ1) is 14.5. The van der Waals surface area contributed by atoms with E-state index in [1.54, 1.807) is 0 Å². The Labute approximate surface area is 105 Å². The molecule has 0 radical (unpaired) electrons. The molecule has 0 saturated carbocycles. The van der Waals surface area contributed by atoms with Crippen molar-refractivity contribution in [3.8, 4) is 0 Å². The van der Waals surface area contributed by atoms with E-state index in [2.05, 4.69) is 31.0 Å². The number of ether oxygens (including phenoxy) is 1. The predicted octanol–water partition coefficient (Wildman–Crippen LogP) is 1.40. The maximum Gasteiger partial charge on any atom is 0.234 e. The average Bonchev–Trinajstić information content (AvgIpc) is 2.30. The highest BCUT2D eigenvalue weighted by Gasteiger charge is 2.24. The molecule has 1 unspecified atom stereocenters. The molecule has 0 aromatic carbocycles. The van der Waals surface area contributed by atoms with E-state index < -0.39 is 0 Å². The van der Waals surface area contributed by atoms with Gasteiger partial charge in [-0.25, -0.2) is 0 Å². The highest BCUT2D eigenvalue weighted by Crippen LogP contribution is 2.16. The minimum atomic E-state index is -0.0435. The molecule has 4 heteroatoms. The lowest BCUT2D eigenvalue weighted by Crippen LogP contribution is -2.50. The van der Waals surface area contributed by atoms with Crippen LogP contribution >= 0.6 is 0 Å². The van der Waals surface area contributed by atoms with Crippen LogP contribution in [0.15, 0.2) is 0 Å². The lowest BCUT2D eigenvalue weighted by molar-refractivity contribution is -0.125. The van der Waals surface area contributed by atoms with Crippen molar-refractivity contribution in [1.29, 1.82) is 0 Å². The van der Waals surface area contributed by atoms with Crippen LogP contribution in [0.25, 0.3) is 0 Å². The minimum absolute atomic E-state index is 0.0435. The zero-order valence-corrected chi connectivity index (χ0v) is 11.4. The Morgan fingerprint density at radius 2 is 2.00 bits per heavy atom. The molecule has 1 N–H and O–H groups in total. The monoisotopic (exact) mass is 242 g/mol. The highest BCUT2D eigenvalue weighted by molar-refractivity contribution is 5.78. The molecule has 1 aliphatic rings. The molecule has 100 valence electrons. The van der Waals surface area contributed by atoms with E-state index in [1.807, 2.05) is 0 Å². The molecule has 1 amide bonds. The number of nitrogens with one attached hydrogen (secondary N) is 1. The zero-order chi connectivity index (χ0) is 12.7. The topological polar surface area (TPSA) is 41.6 Å². The summed E-state index contributed by atoms with van der Waals surface area (Å²) in [5.74, 6) is 0.143. The minimum Gasteiger partial charge on any atom is -0.379 e. The fraction of sp³-hybridized carbons (Fsp3) is 0.923. The van der Waals surface area contributed by atoms with Gasteiger partial charge in [0.25, 0.3) is 0 Å².